The zero-order valence-corrected chi connectivity index (χ0v) is 9.79. The first-order chi connectivity index (χ1) is 8.79. The van der Waals surface area contributed by atoms with Crippen molar-refractivity contribution in [2.24, 2.45) is 0 Å². The fourth-order valence-corrected chi connectivity index (χ4v) is 1.57. The Labute approximate surface area is 108 Å². The molecule has 9 heteroatoms. The maximum Gasteiger partial charge on any atom is 0.432 e. The molecule has 0 saturated carbocycles. The van der Waals surface area contributed by atoms with E-state index in [4.69, 9.17) is 11.6 Å². The molecule has 2 rings (SSSR count). The van der Waals surface area contributed by atoms with Crippen molar-refractivity contribution in [2.45, 2.75) is 6.18 Å². The van der Waals surface area contributed by atoms with Crippen LogP contribution in [0.2, 0.25) is 5.15 Å². The number of hydrogen-bond acceptors (Lipinski definition) is 3. The van der Waals surface area contributed by atoms with Crippen LogP contribution in [0.1, 0.15) is 5.69 Å². The summed E-state index contributed by atoms with van der Waals surface area (Å²) >= 11 is 5.52. The Hall–Kier alpha value is -2.09. The van der Waals surface area contributed by atoms with Crippen LogP contribution in [-0.2, 0) is 6.18 Å². The largest absolute Gasteiger partial charge is 0.432 e. The Bertz CT molecular complexity index is 719. The monoisotopic (exact) mass is 291 g/mol. The van der Waals surface area contributed by atoms with Gasteiger partial charge in [0.05, 0.1) is 11.9 Å². The van der Waals surface area contributed by atoms with E-state index in [1.54, 1.807) is 4.98 Å². The summed E-state index contributed by atoms with van der Waals surface area (Å²) in [4.78, 5) is 27.9. The summed E-state index contributed by atoms with van der Waals surface area (Å²) in [5.74, 6) is 0. The summed E-state index contributed by atoms with van der Waals surface area (Å²) in [5.41, 5.74) is -3.87. The molecule has 1 N–H and O–H groups in total. The summed E-state index contributed by atoms with van der Waals surface area (Å²) < 4.78 is 38.8. The lowest BCUT2D eigenvalue weighted by molar-refractivity contribution is -0.143. The number of hydrogen-bond donors (Lipinski definition) is 1. The lowest BCUT2D eigenvalue weighted by Gasteiger charge is -2.13. The van der Waals surface area contributed by atoms with E-state index < -0.39 is 23.1 Å². The Morgan fingerprint density at radius 2 is 1.95 bits per heavy atom. The zero-order chi connectivity index (χ0) is 14.2. The topological polar surface area (TPSA) is 67.8 Å². The van der Waals surface area contributed by atoms with Gasteiger partial charge in [-0.2, -0.15) is 13.2 Å². The standard InChI is InChI=1S/C10H5ClF3N3O2/c11-7-2-1-5(4-15-7)17-6(10(12,13)14)3-8(18)16-9(17)19/h1-4H,(H,16,18,19). The van der Waals surface area contributed by atoms with Gasteiger partial charge in [0.25, 0.3) is 5.56 Å². The molecule has 0 unspecified atom stereocenters. The molecule has 2 heterocycles. The Balaban J connectivity index is 2.79. The van der Waals surface area contributed by atoms with Gasteiger partial charge in [0.2, 0.25) is 0 Å². The number of nitrogens with zero attached hydrogens (tertiary/aromatic N) is 2. The van der Waals surface area contributed by atoms with E-state index >= 15 is 0 Å². The van der Waals surface area contributed by atoms with Crippen LogP contribution < -0.4 is 11.2 Å². The highest BCUT2D eigenvalue weighted by Gasteiger charge is 2.35. The number of rotatable bonds is 1. The molecule has 0 amide bonds. The van der Waals surface area contributed by atoms with Gasteiger partial charge in [-0.1, -0.05) is 11.6 Å². The van der Waals surface area contributed by atoms with Gasteiger partial charge in [0.1, 0.15) is 10.8 Å². The van der Waals surface area contributed by atoms with Gasteiger partial charge < -0.3 is 0 Å². The predicted octanol–water partition coefficient (Wildman–Crippen LogP) is 1.59. The van der Waals surface area contributed by atoms with Crippen LogP contribution >= 0.6 is 11.6 Å². The summed E-state index contributed by atoms with van der Waals surface area (Å²) in [6.07, 6.45) is -3.86. The molecular weight excluding hydrogens is 287 g/mol. The van der Waals surface area contributed by atoms with Crippen LogP contribution in [0.3, 0.4) is 0 Å². The lowest BCUT2D eigenvalue weighted by Crippen LogP contribution is -2.34. The van der Waals surface area contributed by atoms with Gasteiger partial charge >= 0.3 is 11.9 Å². The van der Waals surface area contributed by atoms with Gasteiger partial charge in [0, 0.05) is 6.07 Å². The van der Waals surface area contributed by atoms with Crippen LogP contribution in [0.15, 0.2) is 34.0 Å². The van der Waals surface area contributed by atoms with E-state index in [1.165, 1.54) is 12.1 Å². The fraction of sp³-hybridized carbons (Fsp3) is 0.100. The first-order valence-corrected chi connectivity index (χ1v) is 5.22. The van der Waals surface area contributed by atoms with Gasteiger partial charge in [0.15, 0.2) is 0 Å². The second-order valence-corrected chi connectivity index (χ2v) is 3.88. The summed E-state index contributed by atoms with van der Waals surface area (Å²) in [6.45, 7) is 0. The highest BCUT2D eigenvalue weighted by molar-refractivity contribution is 6.29. The average Bonchev–Trinajstić information content (AvgIpc) is 2.28. The SMILES string of the molecule is O=c1cc(C(F)(F)F)n(-c2ccc(Cl)nc2)c(=O)[nH]1. The molecule has 0 spiro atoms. The minimum Gasteiger partial charge on any atom is -0.274 e. The highest BCUT2D eigenvalue weighted by atomic mass is 35.5. The normalized spacial score (nSPS) is 11.6. The maximum absolute atomic E-state index is 12.8. The smallest absolute Gasteiger partial charge is 0.274 e. The van der Waals surface area contributed by atoms with Crippen molar-refractivity contribution in [3.8, 4) is 5.69 Å². The third-order valence-corrected chi connectivity index (χ3v) is 2.43. The molecule has 0 aliphatic rings. The molecule has 0 saturated heterocycles. The first-order valence-electron chi connectivity index (χ1n) is 4.84. The maximum atomic E-state index is 12.8. The van der Waals surface area contributed by atoms with Gasteiger partial charge in [-0.15, -0.1) is 0 Å². The van der Waals surface area contributed by atoms with Crippen molar-refractivity contribution in [3.05, 3.63) is 56.1 Å². The number of aromatic nitrogens is 3. The van der Waals surface area contributed by atoms with E-state index in [0.717, 1.165) is 6.20 Å². The number of aromatic amines is 1. The molecule has 0 aliphatic heterocycles. The molecule has 2 aromatic heterocycles. The zero-order valence-electron chi connectivity index (χ0n) is 9.03. The predicted molar refractivity (Wildman–Crippen MR) is 60.5 cm³/mol. The van der Waals surface area contributed by atoms with Gasteiger partial charge in [-0.05, 0) is 12.1 Å². The summed E-state index contributed by atoms with van der Waals surface area (Å²) in [5, 5.41) is 0.0646. The molecular formula is C10H5ClF3N3O2. The van der Waals surface area contributed by atoms with E-state index in [-0.39, 0.29) is 10.8 Å². The second-order valence-electron chi connectivity index (χ2n) is 3.50. The van der Waals surface area contributed by atoms with Crippen molar-refractivity contribution < 1.29 is 13.2 Å². The Morgan fingerprint density at radius 1 is 1.26 bits per heavy atom. The number of halogens is 4. The van der Waals surface area contributed by atoms with Crippen molar-refractivity contribution in [1.82, 2.24) is 14.5 Å². The lowest BCUT2D eigenvalue weighted by atomic mass is 10.3. The number of nitrogens with one attached hydrogen (secondary N) is 1. The Kier molecular flexibility index (Phi) is 3.19. The molecule has 0 atom stereocenters. The second kappa shape index (κ2) is 4.54. The van der Waals surface area contributed by atoms with Gasteiger partial charge in [-0.25, -0.2) is 9.78 Å². The van der Waals surface area contributed by atoms with E-state index in [1.807, 2.05) is 0 Å². The minimum atomic E-state index is -4.85. The fourth-order valence-electron chi connectivity index (χ4n) is 1.46. The van der Waals surface area contributed by atoms with Crippen LogP contribution in [0.5, 0.6) is 0 Å². The Morgan fingerprint density at radius 3 is 2.47 bits per heavy atom. The van der Waals surface area contributed by atoms with E-state index in [9.17, 15) is 22.8 Å². The van der Waals surface area contributed by atoms with Crippen molar-refractivity contribution in [2.75, 3.05) is 0 Å². The quantitative estimate of drug-likeness (QED) is 0.811. The van der Waals surface area contributed by atoms with Crippen LogP contribution in [0.4, 0.5) is 13.2 Å². The molecule has 0 aliphatic carbocycles. The molecule has 0 fully saturated rings. The third-order valence-electron chi connectivity index (χ3n) is 2.20. The molecule has 5 nitrogen and oxygen atoms in total. The van der Waals surface area contributed by atoms with Crippen molar-refractivity contribution in [1.29, 1.82) is 0 Å². The summed E-state index contributed by atoms with van der Waals surface area (Å²) in [7, 11) is 0. The average molecular weight is 292 g/mol. The van der Waals surface area contributed by atoms with E-state index in [2.05, 4.69) is 4.98 Å². The summed E-state index contributed by atoms with van der Waals surface area (Å²) in [6, 6.07) is 2.72. The first kappa shape index (κ1) is 13.3. The molecule has 0 bridgehead atoms. The molecule has 19 heavy (non-hydrogen) atoms. The third kappa shape index (κ3) is 2.68. The molecule has 0 radical (unpaired) electrons. The van der Waals surface area contributed by atoms with Crippen molar-refractivity contribution in [3.63, 3.8) is 0 Å². The van der Waals surface area contributed by atoms with Gasteiger partial charge in [-0.3, -0.25) is 14.3 Å². The van der Waals surface area contributed by atoms with Crippen molar-refractivity contribution >= 4 is 11.6 Å². The molecule has 2 aromatic rings. The minimum absolute atomic E-state index is 0.0646. The van der Waals surface area contributed by atoms with Crippen LogP contribution in [0.25, 0.3) is 5.69 Å². The van der Waals surface area contributed by atoms with E-state index in [0.29, 0.717) is 10.6 Å². The van der Waals surface area contributed by atoms with Crippen LogP contribution in [-0.4, -0.2) is 14.5 Å². The van der Waals surface area contributed by atoms with Crippen LogP contribution in [0, 0.1) is 0 Å². The number of pyridine rings is 1. The molecule has 0 aromatic carbocycles. The number of H-pyrrole nitrogens is 1. The molecule has 100 valence electrons. The highest BCUT2D eigenvalue weighted by Crippen LogP contribution is 2.28. The number of alkyl halides is 3.